The molecule has 0 saturated carbocycles. The Balaban J connectivity index is 1.71. The molecule has 0 bridgehead atoms. The fourth-order valence-corrected chi connectivity index (χ4v) is 3.53. The van der Waals surface area contributed by atoms with Gasteiger partial charge in [0.25, 0.3) is 11.8 Å². The number of anilines is 3. The zero-order chi connectivity index (χ0) is 21.6. The fraction of sp³-hybridized carbons (Fsp3) is 0.333. The summed E-state index contributed by atoms with van der Waals surface area (Å²) in [6, 6.07) is 7.14. The van der Waals surface area contributed by atoms with E-state index < -0.39 is 12.1 Å². The Bertz CT molecular complexity index is 1050. The van der Waals surface area contributed by atoms with E-state index in [1.807, 2.05) is 13.8 Å². The normalized spacial score (nSPS) is 18.7. The van der Waals surface area contributed by atoms with Gasteiger partial charge in [0.1, 0.15) is 11.6 Å². The van der Waals surface area contributed by atoms with E-state index in [1.165, 1.54) is 4.90 Å². The first kappa shape index (κ1) is 19.7. The highest BCUT2D eigenvalue weighted by atomic mass is 16.5. The number of benzene rings is 1. The number of nitrogens with zero attached hydrogens (tertiary/aromatic N) is 2. The number of rotatable bonds is 4. The number of Topliss-reactive ketones (excluding diaryl/α,β-unsaturated/α-hetero) is 1. The van der Waals surface area contributed by atoms with Gasteiger partial charge in [-0.1, -0.05) is 13.8 Å². The Kier molecular flexibility index (Phi) is 4.81. The van der Waals surface area contributed by atoms with E-state index in [4.69, 9.17) is 15.2 Å². The summed E-state index contributed by atoms with van der Waals surface area (Å²) >= 11 is 0. The lowest BCUT2D eigenvalue weighted by Gasteiger charge is -2.37. The van der Waals surface area contributed by atoms with Crippen molar-refractivity contribution in [3.05, 3.63) is 35.9 Å². The van der Waals surface area contributed by atoms with Crippen LogP contribution in [0.25, 0.3) is 0 Å². The zero-order valence-electron chi connectivity index (χ0n) is 16.8. The maximum atomic E-state index is 13.3. The van der Waals surface area contributed by atoms with Gasteiger partial charge < -0.3 is 20.5 Å². The Morgan fingerprint density at radius 2 is 1.93 bits per heavy atom. The van der Waals surface area contributed by atoms with Crippen LogP contribution in [0.3, 0.4) is 0 Å². The van der Waals surface area contributed by atoms with Crippen LogP contribution in [0.1, 0.15) is 31.1 Å². The molecule has 2 unspecified atom stereocenters. The third kappa shape index (κ3) is 3.32. The molecule has 156 valence electrons. The fourth-order valence-electron chi connectivity index (χ4n) is 3.53. The summed E-state index contributed by atoms with van der Waals surface area (Å²) in [6.45, 7) is 5.30. The summed E-state index contributed by atoms with van der Waals surface area (Å²) in [5, 5.41) is 2.68. The highest BCUT2D eigenvalue weighted by Gasteiger charge is 2.41. The van der Waals surface area contributed by atoms with Crippen LogP contribution in [0.4, 0.5) is 17.3 Å². The number of fused-ring (bicyclic) bond motifs is 2. The molecule has 0 radical (unpaired) electrons. The van der Waals surface area contributed by atoms with Crippen LogP contribution in [0.5, 0.6) is 11.5 Å². The van der Waals surface area contributed by atoms with Crippen molar-refractivity contribution in [2.75, 3.05) is 22.6 Å². The molecule has 0 fully saturated rings. The van der Waals surface area contributed by atoms with Crippen molar-refractivity contribution in [1.82, 2.24) is 4.98 Å². The van der Waals surface area contributed by atoms with Crippen LogP contribution in [-0.2, 0) is 9.59 Å². The maximum Gasteiger partial charge on any atom is 0.270 e. The first-order valence-electron chi connectivity index (χ1n) is 9.63. The van der Waals surface area contributed by atoms with Gasteiger partial charge in [0, 0.05) is 5.56 Å². The average Bonchev–Trinajstić information content (AvgIpc) is 2.71. The van der Waals surface area contributed by atoms with Gasteiger partial charge in [-0.05, 0) is 43.2 Å². The van der Waals surface area contributed by atoms with Gasteiger partial charge in [-0.25, -0.2) is 4.98 Å². The molecule has 0 saturated heterocycles. The number of aromatic nitrogens is 1. The van der Waals surface area contributed by atoms with Crippen LogP contribution >= 0.6 is 0 Å². The molecular weight excluding hydrogens is 388 g/mol. The van der Waals surface area contributed by atoms with Crippen LogP contribution < -0.4 is 25.4 Å². The second-order valence-corrected chi connectivity index (χ2v) is 7.64. The van der Waals surface area contributed by atoms with Gasteiger partial charge in [-0.15, -0.1) is 0 Å². The molecule has 2 atom stereocenters. The third-order valence-corrected chi connectivity index (χ3v) is 5.09. The Labute approximate surface area is 173 Å². The summed E-state index contributed by atoms with van der Waals surface area (Å²) in [7, 11) is 0. The van der Waals surface area contributed by atoms with E-state index in [1.54, 1.807) is 37.3 Å². The van der Waals surface area contributed by atoms with E-state index >= 15 is 0 Å². The first-order valence-corrected chi connectivity index (χ1v) is 9.63. The van der Waals surface area contributed by atoms with Gasteiger partial charge in [-0.3, -0.25) is 19.3 Å². The van der Waals surface area contributed by atoms with Crippen LogP contribution in [0, 0.1) is 5.92 Å². The second kappa shape index (κ2) is 7.33. The maximum absolute atomic E-state index is 13.3. The molecule has 4 rings (SSSR count). The molecule has 2 amide bonds. The molecule has 30 heavy (non-hydrogen) atoms. The minimum Gasteiger partial charge on any atom is -0.482 e. The zero-order valence-corrected chi connectivity index (χ0v) is 16.8. The summed E-state index contributed by atoms with van der Waals surface area (Å²) in [5.41, 5.74) is 6.57. The van der Waals surface area contributed by atoms with Crippen molar-refractivity contribution in [1.29, 1.82) is 0 Å². The Morgan fingerprint density at radius 3 is 2.67 bits per heavy atom. The van der Waals surface area contributed by atoms with Crippen LogP contribution in [0.15, 0.2) is 30.3 Å². The number of amides is 2. The van der Waals surface area contributed by atoms with Gasteiger partial charge in [0.15, 0.2) is 30.1 Å². The largest absolute Gasteiger partial charge is 0.482 e. The number of pyridine rings is 1. The van der Waals surface area contributed by atoms with E-state index in [9.17, 15) is 14.4 Å². The summed E-state index contributed by atoms with van der Waals surface area (Å²) in [4.78, 5) is 43.6. The number of ketones is 1. The molecule has 2 aliphatic rings. The monoisotopic (exact) mass is 410 g/mol. The smallest absolute Gasteiger partial charge is 0.270 e. The molecule has 0 aliphatic carbocycles. The summed E-state index contributed by atoms with van der Waals surface area (Å²) < 4.78 is 11.2. The number of nitrogens with one attached hydrogen (secondary N) is 1. The van der Waals surface area contributed by atoms with E-state index in [2.05, 4.69) is 10.3 Å². The molecule has 2 aliphatic heterocycles. The van der Waals surface area contributed by atoms with Crippen molar-refractivity contribution in [3.63, 3.8) is 0 Å². The molecule has 1 aromatic heterocycles. The molecular formula is C21H22N4O5. The molecule has 3 N–H and O–H groups in total. The lowest BCUT2D eigenvalue weighted by atomic mass is 9.99. The topological polar surface area (TPSA) is 124 Å². The molecule has 2 aromatic rings. The SMILES string of the molecule is CC(C)C1Oc2ccc(N)nc2N(C(C)C(=O)c2ccc3c(c2)NC(=O)CO3)C1=O. The van der Waals surface area contributed by atoms with E-state index in [-0.39, 0.29) is 41.8 Å². The molecule has 9 heteroatoms. The van der Waals surface area contributed by atoms with Gasteiger partial charge in [0.2, 0.25) is 0 Å². The number of ether oxygens (including phenoxy) is 2. The number of hydrogen-bond donors (Lipinski definition) is 2. The van der Waals surface area contributed by atoms with Gasteiger partial charge in [-0.2, -0.15) is 0 Å². The van der Waals surface area contributed by atoms with Crippen molar-refractivity contribution >= 4 is 34.9 Å². The lowest BCUT2D eigenvalue weighted by Crippen LogP contribution is -2.54. The minimum atomic E-state index is -0.867. The van der Waals surface area contributed by atoms with Crippen molar-refractivity contribution in [3.8, 4) is 11.5 Å². The van der Waals surface area contributed by atoms with Crippen LogP contribution in [-0.4, -0.2) is 41.3 Å². The van der Waals surface area contributed by atoms with Gasteiger partial charge >= 0.3 is 0 Å². The number of nitrogens with two attached hydrogens (primary N) is 1. The van der Waals surface area contributed by atoms with Crippen molar-refractivity contribution in [2.24, 2.45) is 5.92 Å². The van der Waals surface area contributed by atoms with Crippen molar-refractivity contribution < 1.29 is 23.9 Å². The molecule has 9 nitrogen and oxygen atoms in total. The molecule has 3 heterocycles. The van der Waals surface area contributed by atoms with Gasteiger partial charge in [0.05, 0.1) is 11.7 Å². The predicted octanol–water partition coefficient (Wildman–Crippen LogP) is 2.02. The van der Waals surface area contributed by atoms with E-state index in [0.717, 1.165) is 0 Å². The minimum absolute atomic E-state index is 0.0700. The van der Waals surface area contributed by atoms with Crippen molar-refractivity contribution in [2.45, 2.75) is 32.9 Å². The standard InChI is InChI=1S/C21H22N4O5/c1-10(2)19-21(28)25(20-15(30-19)6-7-16(22)24-20)11(3)18(27)12-4-5-14-13(8-12)23-17(26)9-29-14/h4-8,10-11,19H,9H2,1-3H3,(H2,22,24)(H,23,26). The number of nitrogen functional groups attached to an aromatic ring is 1. The quantitative estimate of drug-likeness (QED) is 0.739. The number of carbonyl (C=O) groups excluding carboxylic acids is 3. The average molecular weight is 410 g/mol. The third-order valence-electron chi connectivity index (χ3n) is 5.09. The highest BCUT2D eigenvalue weighted by Crippen LogP contribution is 2.37. The van der Waals surface area contributed by atoms with E-state index in [0.29, 0.717) is 22.7 Å². The highest BCUT2D eigenvalue weighted by molar-refractivity contribution is 6.10. The summed E-state index contributed by atoms with van der Waals surface area (Å²) in [5.74, 6) is 0.241. The first-order chi connectivity index (χ1) is 14.3. The summed E-state index contributed by atoms with van der Waals surface area (Å²) in [6.07, 6.45) is -0.741. The second-order valence-electron chi connectivity index (χ2n) is 7.64. The predicted molar refractivity (Wildman–Crippen MR) is 110 cm³/mol. The number of carbonyl (C=O) groups is 3. The lowest BCUT2D eigenvalue weighted by molar-refractivity contribution is -0.128. The van der Waals surface area contributed by atoms with Crippen LogP contribution in [0.2, 0.25) is 0 Å². The molecule has 1 aromatic carbocycles. The Hall–Kier alpha value is -3.62. The number of hydrogen-bond acceptors (Lipinski definition) is 7. The Morgan fingerprint density at radius 1 is 1.20 bits per heavy atom. The molecule has 0 spiro atoms.